The predicted octanol–water partition coefficient (Wildman–Crippen LogP) is 3.67. The lowest BCUT2D eigenvalue weighted by molar-refractivity contribution is -0.153. The van der Waals surface area contributed by atoms with E-state index < -0.39 is 0 Å². The molecule has 1 unspecified atom stereocenters. The van der Waals surface area contributed by atoms with E-state index in [9.17, 15) is 9.59 Å². The zero-order chi connectivity index (χ0) is 18.1. The highest BCUT2D eigenvalue weighted by Crippen LogP contribution is 2.61. The van der Waals surface area contributed by atoms with E-state index in [1.54, 1.807) is 0 Å². The molecule has 2 bridgehead atoms. The quantitative estimate of drug-likeness (QED) is 0.736. The van der Waals surface area contributed by atoms with Crippen molar-refractivity contribution in [2.75, 3.05) is 24.6 Å². The van der Waals surface area contributed by atoms with Crippen molar-refractivity contribution < 1.29 is 14.3 Å². The molecular weight excluding hydrogens is 366 g/mol. The predicted molar refractivity (Wildman–Crippen MR) is 106 cm³/mol. The minimum Gasteiger partial charge on any atom is -0.462 e. The smallest absolute Gasteiger partial charge is 0.305 e. The van der Waals surface area contributed by atoms with Crippen LogP contribution in [-0.2, 0) is 9.53 Å². The Balaban J connectivity index is 1.54. The van der Waals surface area contributed by atoms with Crippen LogP contribution in [0.5, 0.6) is 0 Å². The zero-order valence-electron chi connectivity index (χ0n) is 15.1. The van der Waals surface area contributed by atoms with Gasteiger partial charge in [-0.2, -0.15) is 0 Å². The Bertz CT molecular complexity index is 657. The summed E-state index contributed by atoms with van der Waals surface area (Å²) in [5, 5.41) is 0. The number of thioether (sulfide) groups is 2. The lowest BCUT2D eigenvalue weighted by atomic mass is 9.75. The van der Waals surface area contributed by atoms with Gasteiger partial charge < -0.3 is 9.64 Å². The van der Waals surface area contributed by atoms with Gasteiger partial charge in [-0.3, -0.25) is 9.59 Å². The molecule has 26 heavy (non-hydrogen) atoms. The molecule has 3 aliphatic rings. The molecule has 1 amide bonds. The molecule has 2 aliphatic heterocycles. The first-order chi connectivity index (χ1) is 12.6. The molecule has 2 saturated heterocycles. The number of esters is 1. The van der Waals surface area contributed by atoms with Crippen LogP contribution in [0.2, 0.25) is 0 Å². The highest BCUT2D eigenvalue weighted by Gasteiger charge is 2.57. The normalized spacial score (nSPS) is 29.6. The van der Waals surface area contributed by atoms with Crippen molar-refractivity contribution in [2.45, 2.75) is 36.4 Å². The van der Waals surface area contributed by atoms with Crippen molar-refractivity contribution in [3.05, 3.63) is 35.9 Å². The van der Waals surface area contributed by atoms with E-state index in [4.69, 9.17) is 4.74 Å². The van der Waals surface area contributed by atoms with Gasteiger partial charge in [0.1, 0.15) is 6.10 Å². The van der Waals surface area contributed by atoms with Crippen molar-refractivity contribution in [1.82, 2.24) is 4.90 Å². The molecule has 0 N–H and O–H groups in total. The van der Waals surface area contributed by atoms with Crippen LogP contribution >= 0.6 is 23.5 Å². The number of hydrogen-bond donors (Lipinski definition) is 0. The number of piperidine rings is 1. The van der Waals surface area contributed by atoms with Gasteiger partial charge in [-0.25, -0.2) is 0 Å². The van der Waals surface area contributed by atoms with Gasteiger partial charge in [-0.1, -0.05) is 25.1 Å². The number of carbonyl (C=O) groups is 2. The molecule has 4 rings (SSSR count). The molecule has 140 valence electrons. The monoisotopic (exact) mass is 391 g/mol. The fourth-order valence-corrected chi connectivity index (χ4v) is 8.38. The van der Waals surface area contributed by atoms with E-state index in [1.165, 1.54) is 11.5 Å². The van der Waals surface area contributed by atoms with Crippen molar-refractivity contribution >= 4 is 35.4 Å². The van der Waals surface area contributed by atoms with Gasteiger partial charge in [0, 0.05) is 48.4 Å². The Morgan fingerprint density at radius 3 is 2.31 bits per heavy atom. The lowest BCUT2D eigenvalue weighted by Crippen LogP contribution is -2.59. The Hall–Kier alpha value is -1.14. The van der Waals surface area contributed by atoms with Crippen molar-refractivity contribution in [1.29, 1.82) is 0 Å². The number of benzene rings is 1. The number of likely N-dealkylation sites (tertiary alicyclic amines) is 1. The van der Waals surface area contributed by atoms with Gasteiger partial charge in [-0.15, -0.1) is 23.5 Å². The van der Waals surface area contributed by atoms with Crippen LogP contribution in [0.3, 0.4) is 0 Å². The number of rotatable bonds is 3. The van der Waals surface area contributed by atoms with Gasteiger partial charge in [0.25, 0.3) is 5.91 Å². The largest absolute Gasteiger partial charge is 0.462 e. The molecular formula is C20H25NO3S2. The number of ether oxygens (including phenoxy) is 1. The highest BCUT2D eigenvalue weighted by molar-refractivity contribution is 8.21. The number of amides is 1. The molecule has 4 nitrogen and oxygen atoms in total. The molecule has 0 aromatic heterocycles. The fourth-order valence-electron chi connectivity index (χ4n) is 4.61. The van der Waals surface area contributed by atoms with Crippen LogP contribution in [-0.4, -0.2) is 51.6 Å². The second-order valence-corrected chi connectivity index (χ2v) is 10.3. The average molecular weight is 392 g/mol. The fraction of sp³-hybridized carbons (Fsp3) is 0.600. The minimum absolute atomic E-state index is 0.0128. The maximum absolute atomic E-state index is 13.0. The first-order valence-electron chi connectivity index (χ1n) is 9.44. The number of carbonyl (C=O) groups excluding carboxylic acids is 2. The molecule has 1 aromatic carbocycles. The zero-order valence-corrected chi connectivity index (χ0v) is 16.7. The summed E-state index contributed by atoms with van der Waals surface area (Å²) in [6, 6.07) is 9.57. The third kappa shape index (κ3) is 3.26. The second kappa shape index (κ2) is 7.47. The van der Waals surface area contributed by atoms with E-state index in [2.05, 4.69) is 23.5 Å². The molecule has 1 saturated carbocycles. The molecule has 1 aliphatic carbocycles. The SMILES string of the molecule is CCC(=O)OC1C[C@@H]2CN(C(=O)c3ccccc3)C[C@H](C1)C21SCCS1. The molecule has 1 spiro atoms. The first-order valence-corrected chi connectivity index (χ1v) is 11.4. The summed E-state index contributed by atoms with van der Waals surface area (Å²) < 4.78 is 5.91. The van der Waals surface area contributed by atoms with Crippen molar-refractivity contribution in [3.63, 3.8) is 0 Å². The highest BCUT2D eigenvalue weighted by atomic mass is 32.2. The molecule has 2 heterocycles. The molecule has 3 atom stereocenters. The molecule has 3 fully saturated rings. The minimum atomic E-state index is -0.104. The summed E-state index contributed by atoms with van der Waals surface area (Å²) in [6.45, 7) is 3.38. The summed E-state index contributed by atoms with van der Waals surface area (Å²) in [5.41, 5.74) is 0.766. The Morgan fingerprint density at radius 2 is 1.73 bits per heavy atom. The van der Waals surface area contributed by atoms with E-state index >= 15 is 0 Å². The number of nitrogens with zero attached hydrogens (tertiary/aromatic N) is 1. The maximum Gasteiger partial charge on any atom is 0.305 e. The topological polar surface area (TPSA) is 46.6 Å². The van der Waals surface area contributed by atoms with Crippen LogP contribution in [0.1, 0.15) is 36.5 Å². The third-order valence-corrected chi connectivity index (χ3v) is 9.77. The van der Waals surface area contributed by atoms with E-state index in [0.29, 0.717) is 18.3 Å². The molecule has 6 heteroatoms. The lowest BCUT2D eigenvalue weighted by Gasteiger charge is -2.54. The third-order valence-electron chi connectivity index (χ3n) is 5.75. The maximum atomic E-state index is 13.0. The summed E-state index contributed by atoms with van der Waals surface area (Å²) in [4.78, 5) is 26.8. The van der Waals surface area contributed by atoms with E-state index in [-0.39, 0.29) is 22.1 Å². The summed E-state index contributed by atoms with van der Waals surface area (Å²) >= 11 is 4.16. The van der Waals surface area contributed by atoms with Gasteiger partial charge in [0.05, 0.1) is 4.08 Å². The van der Waals surface area contributed by atoms with Crippen LogP contribution in [0.4, 0.5) is 0 Å². The van der Waals surface area contributed by atoms with Crippen LogP contribution < -0.4 is 0 Å². The Morgan fingerprint density at radius 1 is 1.12 bits per heavy atom. The van der Waals surface area contributed by atoms with E-state index in [0.717, 1.165) is 31.5 Å². The standard InChI is InChI=1S/C20H25NO3S2/c1-2-18(22)24-17-10-15-12-21(19(23)14-6-4-3-5-7-14)13-16(11-17)20(15)25-8-9-26-20/h3-7,15-17H,2,8-13H2,1H3/t15-,16+,17?. The first kappa shape index (κ1) is 18.2. The van der Waals surface area contributed by atoms with Crippen molar-refractivity contribution in [2.24, 2.45) is 11.8 Å². The van der Waals surface area contributed by atoms with Gasteiger partial charge >= 0.3 is 5.97 Å². The second-order valence-electron chi connectivity index (χ2n) is 7.33. The Labute approximate surface area is 163 Å². The van der Waals surface area contributed by atoms with Crippen LogP contribution in [0.25, 0.3) is 0 Å². The average Bonchev–Trinajstić information content (AvgIpc) is 3.12. The number of hydrogen-bond acceptors (Lipinski definition) is 5. The van der Waals surface area contributed by atoms with Crippen LogP contribution in [0.15, 0.2) is 30.3 Å². The van der Waals surface area contributed by atoms with E-state index in [1.807, 2.05) is 42.2 Å². The summed E-state index contributed by atoms with van der Waals surface area (Å²) in [5.74, 6) is 3.16. The molecule has 1 aromatic rings. The summed E-state index contributed by atoms with van der Waals surface area (Å²) in [6.07, 6.45) is 2.19. The summed E-state index contributed by atoms with van der Waals surface area (Å²) in [7, 11) is 0. The van der Waals surface area contributed by atoms with Gasteiger partial charge in [0.15, 0.2) is 0 Å². The molecule has 0 radical (unpaired) electrons. The van der Waals surface area contributed by atoms with Crippen molar-refractivity contribution in [3.8, 4) is 0 Å². The van der Waals surface area contributed by atoms with Gasteiger partial charge in [0.2, 0.25) is 0 Å². The Kier molecular flexibility index (Phi) is 5.24. The van der Waals surface area contributed by atoms with Crippen LogP contribution in [0, 0.1) is 11.8 Å². The van der Waals surface area contributed by atoms with Gasteiger partial charge in [-0.05, 0) is 25.0 Å².